The average Bonchev–Trinajstić information content (AvgIpc) is 2.79. The lowest BCUT2D eigenvalue weighted by Gasteiger charge is -2.12. The van der Waals surface area contributed by atoms with Gasteiger partial charge in [0, 0.05) is 17.6 Å². The van der Waals surface area contributed by atoms with E-state index in [9.17, 15) is 9.59 Å². The normalized spacial score (nSPS) is 12.1. The monoisotopic (exact) mass is 277 g/mol. The standard InChI is InChI=1S/C13H15N3O2S/c1-9(11-8-19-10(2)15-11)14-12(17)7-16-6-4-3-5-13(16)18/h3-6,8-9H,7H2,1-2H3,(H,14,17)/t9-/m1/s1. The number of hydrogen-bond donors (Lipinski definition) is 1. The molecule has 0 unspecified atom stereocenters. The van der Waals surface area contributed by atoms with Crippen molar-refractivity contribution in [2.24, 2.45) is 0 Å². The van der Waals surface area contributed by atoms with Crippen molar-refractivity contribution in [2.75, 3.05) is 0 Å². The zero-order valence-electron chi connectivity index (χ0n) is 10.8. The Balaban J connectivity index is 1.98. The first-order chi connectivity index (χ1) is 9.06. The van der Waals surface area contributed by atoms with Crippen molar-refractivity contribution in [3.8, 4) is 0 Å². The molecule has 1 N–H and O–H groups in total. The van der Waals surface area contributed by atoms with E-state index in [0.29, 0.717) is 0 Å². The number of nitrogens with one attached hydrogen (secondary N) is 1. The first-order valence-corrected chi connectivity index (χ1v) is 6.81. The van der Waals surface area contributed by atoms with Crippen LogP contribution in [0.1, 0.15) is 23.7 Å². The molecule has 2 rings (SSSR count). The number of hydrogen-bond acceptors (Lipinski definition) is 4. The zero-order valence-corrected chi connectivity index (χ0v) is 11.6. The Kier molecular flexibility index (Phi) is 4.11. The second-order valence-electron chi connectivity index (χ2n) is 4.25. The Morgan fingerprint density at radius 2 is 2.32 bits per heavy atom. The zero-order chi connectivity index (χ0) is 13.8. The Morgan fingerprint density at radius 1 is 1.53 bits per heavy atom. The van der Waals surface area contributed by atoms with Gasteiger partial charge in [-0.3, -0.25) is 9.59 Å². The highest BCUT2D eigenvalue weighted by molar-refractivity contribution is 7.09. The van der Waals surface area contributed by atoms with Gasteiger partial charge >= 0.3 is 0 Å². The summed E-state index contributed by atoms with van der Waals surface area (Å²) in [6.45, 7) is 3.82. The number of aryl methyl sites for hydroxylation is 1. The molecule has 19 heavy (non-hydrogen) atoms. The lowest BCUT2D eigenvalue weighted by Crippen LogP contribution is -2.33. The predicted molar refractivity (Wildman–Crippen MR) is 74.1 cm³/mol. The molecular weight excluding hydrogens is 262 g/mol. The van der Waals surface area contributed by atoms with Crippen molar-refractivity contribution in [3.63, 3.8) is 0 Å². The first kappa shape index (κ1) is 13.5. The summed E-state index contributed by atoms with van der Waals surface area (Å²) in [4.78, 5) is 27.7. The molecule has 0 saturated heterocycles. The van der Waals surface area contributed by atoms with Gasteiger partial charge in [-0.25, -0.2) is 4.98 Å². The Labute approximate surface area is 114 Å². The minimum Gasteiger partial charge on any atom is -0.346 e. The number of amides is 1. The fraction of sp³-hybridized carbons (Fsp3) is 0.308. The van der Waals surface area contributed by atoms with Crippen molar-refractivity contribution in [2.45, 2.75) is 26.4 Å². The van der Waals surface area contributed by atoms with Gasteiger partial charge in [-0.15, -0.1) is 11.3 Å². The van der Waals surface area contributed by atoms with Crippen LogP contribution < -0.4 is 10.9 Å². The van der Waals surface area contributed by atoms with Crippen LogP contribution in [0.5, 0.6) is 0 Å². The fourth-order valence-electron chi connectivity index (χ4n) is 1.69. The van der Waals surface area contributed by atoms with Gasteiger partial charge in [-0.05, 0) is 19.9 Å². The number of thiazole rings is 1. The van der Waals surface area contributed by atoms with Gasteiger partial charge in [0.05, 0.1) is 16.7 Å². The first-order valence-electron chi connectivity index (χ1n) is 5.93. The maximum absolute atomic E-state index is 11.9. The van der Waals surface area contributed by atoms with E-state index >= 15 is 0 Å². The Bertz CT molecular complexity index is 633. The number of carbonyl (C=O) groups excluding carboxylic acids is 1. The van der Waals surface area contributed by atoms with Gasteiger partial charge in [0.25, 0.3) is 5.56 Å². The minimum atomic E-state index is -0.202. The van der Waals surface area contributed by atoms with Gasteiger partial charge in [-0.2, -0.15) is 0 Å². The summed E-state index contributed by atoms with van der Waals surface area (Å²) in [6.07, 6.45) is 1.60. The number of carbonyl (C=O) groups is 1. The molecule has 5 nitrogen and oxygen atoms in total. The van der Waals surface area contributed by atoms with Crippen LogP contribution in [0.15, 0.2) is 34.6 Å². The van der Waals surface area contributed by atoms with E-state index in [2.05, 4.69) is 10.3 Å². The van der Waals surface area contributed by atoms with Crippen molar-refractivity contribution in [1.29, 1.82) is 0 Å². The lowest BCUT2D eigenvalue weighted by atomic mass is 10.2. The summed E-state index contributed by atoms with van der Waals surface area (Å²) >= 11 is 1.55. The lowest BCUT2D eigenvalue weighted by molar-refractivity contribution is -0.122. The second-order valence-corrected chi connectivity index (χ2v) is 5.31. The Hall–Kier alpha value is -1.95. The van der Waals surface area contributed by atoms with E-state index in [1.165, 1.54) is 10.6 Å². The van der Waals surface area contributed by atoms with Crippen LogP contribution in [-0.4, -0.2) is 15.5 Å². The molecule has 0 radical (unpaired) electrons. The molecule has 100 valence electrons. The van der Waals surface area contributed by atoms with Crippen molar-refractivity contribution < 1.29 is 4.79 Å². The van der Waals surface area contributed by atoms with Crippen molar-refractivity contribution >= 4 is 17.2 Å². The van der Waals surface area contributed by atoms with E-state index in [4.69, 9.17) is 0 Å². The molecule has 0 aliphatic heterocycles. The van der Waals surface area contributed by atoms with Gasteiger partial charge in [0.2, 0.25) is 5.91 Å². The number of aromatic nitrogens is 2. The number of pyridine rings is 1. The second kappa shape index (κ2) is 5.79. The third-order valence-corrected chi connectivity index (χ3v) is 3.46. The molecule has 0 spiro atoms. The van der Waals surface area contributed by atoms with E-state index < -0.39 is 0 Å². The summed E-state index contributed by atoms with van der Waals surface area (Å²) in [6, 6.07) is 4.65. The van der Waals surface area contributed by atoms with Gasteiger partial charge in [-0.1, -0.05) is 6.07 Å². The van der Waals surface area contributed by atoms with E-state index in [1.54, 1.807) is 29.7 Å². The van der Waals surface area contributed by atoms with Crippen LogP contribution in [0.3, 0.4) is 0 Å². The predicted octanol–water partition coefficient (Wildman–Crippen LogP) is 1.49. The van der Waals surface area contributed by atoms with E-state index in [1.807, 2.05) is 19.2 Å². The van der Waals surface area contributed by atoms with Gasteiger partial charge in [0.1, 0.15) is 6.54 Å². The molecule has 2 aromatic heterocycles. The maximum Gasteiger partial charge on any atom is 0.250 e. The summed E-state index contributed by atoms with van der Waals surface area (Å²) in [5.74, 6) is -0.202. The molecule has 1 atom stereocenters. The molecule has 2 heterocycles. The Morgan fingerprint density at radius 3 is 2.95 bits per heavy atom. The molecule has 0 bridgehead atoms. The topological polar surface area (TPSA) is 64.0 Å². The fourth-order valence-corrected chi connectivity index (χ4v) is 2.39. The molecular formula is C13H15N3O2S. The van der Waals surface area contributed by atoms with Crippen LogP contribution in [0.2, 0.25) is 0 Å². The van der Waals surface area contributed by atoms with Crippen LogP contribution in [0.4, 0.5) is 0 Å². The van der Waals surface area contributed by atoms with Crippen molar-refractivity contribution in [3.05, 3.63) is 50.8 Å². The minimum absolute atomic E-state index is 0.0210. The molecule has 2 aromatic rings. The smallest absolute Gasteiger partial charge is 0.250 e. The molecule has 0 fully saturated rings. The highest BCUT2D eigenvalue weighted by Gasteiger charge is 2.12. The van der Waals surface area contributed by atoms with Crippen LogP contribution in [-0.2, 0) is 11.3 Å². The summed E-state index contributed by atoms with van der Waals surface area (Å²) in [5, 5.41) is 5.72. The summed E-state index contributed by atoms with van der Waals surface area (Å²) in [5.41, 5.74) is 0.658. The van der Waals surface area contributed by atoms with E-state index in [-0.39, 0.29) is 24.1 Å². The quantitative estimate of drug-likeness (QED) is 0.921. The molecule has 1 amide bonds. The highest BCUT2D eigenvalue weighted by atomic mass is 32.1. The third kappa shape index (κ3) is 3.51. The molecule has 0 aromatic carbocycles. The SMILES string of the molecule is Cc1nc([C@@H](C)NC(=O)Cn2ccccc2=O)cs1. The molecule has 0 aliphatic carbocycles. The summed E-state index contributed by atoms with van der Waals surface area (Å²) in [7, 11) is 0. The van der Waals surface area contributed by atoms with Gasteiger partial charge in [0.15, 0.2) is 0 Å². The van der Waals surface area contributed by atoms with Crippen LogP contribution in [0, 0.1) is 6.92 Å². The molecule has 6 heteroatoms. The van der Waals surface area contributed by atoms with E-state index in [0.717, 1.165) is 10.7 Å². The average molecular weight is 277 g/mol. The van der Waals surface area contributed by atoms with Gasteiger partial charge < -0.3 is 9.88 Å². The maximum atomic E-state index is 11.9. The van der Waals surface area contributed by atoms with Crippen LogP contribution in [0.25, 0.3) is 0 Å². The van der Waals surface area contributed by atoms with Crippen molar-refractivity contribution in [1.82, 2.24) is 14.9 Å². The molecule has 0 aliphatic rings. The molecule has 0 saturated carbocycles. The third-order valence-electron chi connectivity index (χ3n) is 2.67. The number of rotatable bonds is 4. The number of nitrogens with zero attached hydrogens (tertiary/aromatic N) is 2. The summed E-state index contributed by atoms with van der Waals surface area (Å²) < 4.78 is 1.37. The van der Waals surface area contributed by atoms with Crippen LogP contribution >= 0.6 is 11.3 Å². The largest absolute Gasteiger partial charge is 0.346 e. The highest BCUT2D eigenvalue weighted by Crippen LogP contribution is 2.15.